The van der Waals surface area contributed by atoms with Crippen molar-refractivity contribution in [3.8, 4) is 11.5 Å². The van der Waals surface area contributed by atoms with E-state index in [4.69, 9.17) is 13.9 Å². The number of amides is 1. The van der Waals surface area contributed by atoms with Crippen molar-refractivity contribution in [3.05, 3.63) is 41.6 Å². The third-order valence-electron chi connectivity index (χ3n) is 5.32. The molecule has 2 heterocycles. The number of oxazole rings is 1. The maximum Gasteiger partial charge on any atom is 0.275 e. The zero-order chi connectivity index (χ0) is 21.5. The molecule has 1 aliphatic rings. The number of hydrogen-bond donors (Lipinski definition) is 0. The average Bonchev–Trinajstić information content (AvgIpc) is 3.22. The molecule has 3 rings (SSSR count). The van der Waals surface area contributed by atoms with Gasteiger partial charge in [-0.1, -0.05) is 6.92 Å². The number of carbonyl (C=O) groups is 1. The van der Waals surface area contributed by atoms with E-state index >= 15 is 0 Å². The standard InChI is InChI=1S/C22H32N4O4/c1-5-6-24(2)22(27)20-16-30-21(23-20)15-26-9-7-25(8-10-26)14-17-11-18(28-3)13-19(12-17)29-4/h11-13,16H,5-10,14-15H2,1-4H3. The quantitative estimate of drug-likeness (QED) is 0.622. The molecule has 0 aliphatic carbocycles. The molecule has 0 radical (unpaired) electrons. The monoisotopic (exact) mass is 416 g/mol. The van der Waals surface area contributed by atoms with Gasteiger partial charge in [-0.2, -0.15) is 0 Å². The number of rotatable bonds is 9. The maximum absolute atomic E-state index is 12.3. The molecule has 1 aromatic heterocycles. The minimum Gasteiger partial charge on any atom is -0.497 e. The van der Waals surface area contributed by atoms with Gasteiger partial charge in [0.15, 0.2) is 5.69 Å². The zero-order valence-corrected chi connectivity index (χ0v) is 18.4. The molecule has 0 unspecified atom stereocenters. The lowest BCUT2D eigenvalue weighted by Crippen LogP contribution is -2.45. The van der Waals surface area contributed by atoms with Crippen LogP contribution in [0.4, 0.5) is 0 Å². The van der Waals surface area contributed by atoms with E-state index in [-0.39, 0.29) is 5.91 Å². The summed E-state index contributed by atoms with van der Waals surface area (Å²) >= 11 is 0. The Morgan fingerprint density at radius 1 is 1.07 bits per heavy atom. The van der Waals surface area contributed by atoms with Gasteiger partial charge in [0.1, 0.15) is 17.8 Å². The molecule has 8 nitrogen and oxygen atoms in total. The molecule has 1 aromatic carbocycles. The highest BCUT2D eigenvalue weighted by Crippen LogP contribution is 2.24. The summed E-state index contributed by atoms with van der Waals surface area (Å²) in [5.74, 6) is 2.11. The minimum atomic E-state index is -0.0922. The summed E-state index contributed by atoms with van der Waals surface area (Å²) < 4.78 is 16.3. The number of hydrogen-bond acceptors (Lipinski definition) is 7. The highest BCUT2D eigenvalue weighted by molar-refractivity contribution is 5.91. The molecule has 1 aliphatic heterocycles. The van der Waals surface area contributed by atoms with Crippen molar-refractivity contribution < 1.29 is 18.7 Å². The number of methoxy groups -OCH3 is 2. The number of benzene rings is 1. The molecule has 1 saturated heterocycles. The van der Waals surface area contributed by atoms with Crippen LogP contribution in [0.3, 0.4) is 0 Å². The number of carbonyl (C=O) groups excluding carboxylic acids is 1. The van der Waals surface area contributed by atoms with Gasteiger partial charge in [0.05, 0.1) is 20.8 Å². The van der Waals surface area contributed by atoms with Crippen molar-refractivity contribution in [2.45, 2.75) is 26.4 Å². The minimum absolute atomic E-state index is 0.0922. The van der Waals surface area contributed by atoms with Crippen LogP contribution in [0.15, 0.2) is 28.9 Å². The summed E-state index contributed by atoms with van der Waals surface area (Å²) in [6.07, 6.45) is 2.38. The van der Waals surface area contributed by atoms with Gasteiger partial charge in [0.25, 0.3) is 5.91 Å². The van der Waals surface area contributed by atoms with Gasteiger partial charge < -0.3 is 18.8 Å². The second-order valence-electron chi connectivity index (χ2n) is 7.63. The van der Waals surface area contributed by atoms with Crippen molar-refractivity contribution in [1.29, 1.82) is 0 Å². The molecule has 0 N–H and O–H groups in total. The van der Waals surface area contributed by atoms with Crippen LogP contribution in [0, 0.1) is 0 Å². The van der Waals surface area contributed by atoms with Gasteiger partial charge in [0.2, 0.25) is 5.89 Å². The first-order valence-corrected chi connectivity index (χ1v) is 10.4. The Bertz CT molecular complexity index is 808. The van der Waals surface area contributed by atoms with Crippen molar-refractivity contribution >= 4 is 5.91 Å². The fraction of sp³-hybridized carbons (Fsp3) is 0.545. The molecule has 0 spiro atoms. The third kappa shape index (κ3) is 5.73. The summed E-state index contributed by atoms with van der Waals surface area (Å²) in [7, 11) is 5.12. The fourth-order valence-corrected chi connectivity index (χ4v) is 3.63. The topological polar surface area (TPSA) is 71.3 Å². The van der Waals surface area contributed by atoms with Gasteiger partial charge in [0, 0.05) is 52.4 Å². The average molecular weight is 417 g/mol. The van der Waals surface area contributed by atoms with E-state index in [1.165, 1.54) is 11.8 Å². The lowest BCUT2D eigenvalue weighted by molar-refractivity contribution is 0.0789. The molecule has 2 aromatic rings. The van der Waals surface area contributed by atoms with Crippen LogP contribution in [0.5, 0.6) is 11.5 Å². The van der Waals surface area contributed by atoms with Gasteiger partial charge in [-0.25, -0.2) is 4.98 Å². The van der Waals surface area contributed by atoms with E-state index in [9.17, 15) is 4.79 Å². The lowest BCUT2D eigenvalue weighted by atomic mass is 10.1. The third-order valence-corrected chi connectivity index (χ3v) is 5.32. The fourth-order valence-electron chi connectivity index (χ4n) is 3.63. The van der Waals surface area contributed by atoms with E-state index in [0.29, 0.717) is 24.7 Å². The van der Waals surface area contributed by atoms with E-state index in [1.54, 1.807) is 26.2 Å². The molecule has 1 amide bonds. The zero-order valence-electron chi connectivity index (χ0n) is 18.4. The van der Waals surface area contributed by atoms with Crippen LogP contribution in [0.2, 0.25) is 0 Å². The number of aromatic nitrogens is 1. The highest BCUT2D eigenvalue weighted by Gasteiger charge is 2.21. The van der Waals surface area contributed by atoms with Gasteiger partial charge in [-0.05, 0) is 24.1 Å². The SMILES string of the molecule is CCCN(C)C(=O)c1coc(CN2CCN(Cc3cc(OC)cc(OC)c3)CC2)n1. The first kappa shape index (κ1) is 22.1. The Kier molecular flexibility index (Phi) is 7.70. The number of nitrogens with zero attached hydrogens (tertiary/aromatic N) is 4. The number of piperazine rings is 1. The maximum atomic E-state index is 12.3. The van der Waals surface area contributed by atoms with Crippen molar-refractivity contribution in [1.82, 2.24) is 19.7 Å². The molecule has 0 saturated carbocycles. The second-order valence-corrected chi connectivity index (χ2v) is 7.63. The van der Waals surface area contributed by atoms with Crippen LogP contribution in [-0.2, 0) is 13.1 Å². The Labute approximate surface area is 178 Å². The van der Waals surface area contributed by atoms with E-state index < -0.39 is 0 Å². The largest absolute Gasteiger partial charge is 0.497 e. The van der Waals surface area contributed by atoms with Crippen LogP contribution < -0.4 is 9.47 Å². The van der Waals surface area contributed by atoms with Crippen LogP contribution >= 0.6 is 0 Å². The first-order chi connectivity index (χ1) is 14.5. The summed E-state index contributed by atoms with van der Waals surface area (Å²) in [6.45, 7) is 7.96. The molecule has 1 fully saturated rings. The molecule has 0 atom stereocenters. The van der Waals surface area contributed by atoms with Crippen LogP contribution in [0.25, 0.3) is 0 Å². The normalized spacial score (nSPS) is 15.2. The second kappa shape index (κ2) is 10.4. The molecular weight excluding hydrogens is 384 g/mol. The van der Waals surface area contributed by atoms with Crippen molar-refractivity contribution in [3.63, 3.8) is 0 Å². The first-order valence-electron chi connectivity index (χ1n) is 10.4. The number of ether oxygens (including phenoxy) is 2. The van der Waals surface area contributed by atoms with Crippen molar-refractivity contribution in [2.75, 3.05) is 54.0 Å². The Morgan fingerprint density at radius 3 is 2.23 bits per heavy atom. The summed E-state index contributed by atoms with van der Waals surface area (Å²) in [6, 6.07) is 5.99. The molecule has 0 bridgehead atoms. The summed E-state index contributed by atoms with van der Waals surface area (Å²) in [5, 5.41) is 0. The van der Waals surface area contributed by atoms with Crippen molar-refractivity contribution in [2.24, 2.45) is 0 Å². The predicted molar refractivity (Wildman–Crippen MR) is 114 cm³/mol. The van der Waals surface area contributed by atoms with Crippen LogP contribution in [0.1, 0.15) is 35.3 Å². The molecule has 30 heavy (non-hydrogen) atoms. The molecular formula is C22H32N4O4. The van der Waals surface area contributed by atoms with E-state index in [0.717, 1.165) is 50.6 Å². The van der Waals surface area contributed by atoms with E-state index in [2.05, 4.69) is 26.9 Å². The Morgan fingerprint density at radius 2 is 1.67 bits per heavy atom. The smallest absolute Gasteiger partial charge is 0.275 e. The van der Waals surface area contributed by atoms with E-state index in [1.807, 2.05) is 13.0 Å². The lowest BCUT2D eigenvalue weighted by Gasteiger charge is -2.34. The van der Waals surface area contributed by atoms with Gasteiger partial charge in [-0.3, -0.25) is 14.6 Å². The summed E-state index contributed by atoms with van der Waals surface area (Å²) in [4.78, 5) is 23.1. The summed E-state index contributed by atoms with van der Waals surface area (Å²) in [5.41, 5.74) is 1.55. The molecule has 164 valence electrons. The predicted octanol–water partition coefficient (Wildman–Crippen LogP) is 2.49. The van der Waals surface area contributed by atoms with Crippen LogP contribution in [-0.4, -0.2) is 79.6 Å². The molecule has 8 heteroatoms. The Balaban J connectivity index is 1.50. The van der Waals surface area contributed by atoms with Gasteiger partial charge >= 0.3 is 0 Å². The van der Waals surface area contributed by atoms with Gasteiger partial charge in [-0.15, -0.1) is 0 Å². The Hall–Kier alpha value is -2.58. The highest BCUT2D eigenvalue weighted by atomic mass is 16.5.